The van der Waals surface area contributed by atoms with Crippen LogP contribution < -0.4 is 5.73 Å². The lowest BCUT2D eigenvalue weighted by Gasteiger charge is -2.06. The molecular formula is C9H10ClNO4S. The third kappa shape index (κ3) is 3.48. The second-order valence-corrected chi connectivity index (χ2v) is 5.80. The van der Waals surface area contributed by atoms with Crippen LogP contribution in [0.5, 0.6) is 0 Å². The Labute approximate surface area is 97.3 Å². The van der Waals surface area contributed by atoms with Crippen molar-refractivity contribution in [2.45, 2.75) is 17.4 Å². The fourth-order valence-corrected chi connectivity index (χ4v) is 1.99. The molecule has 0 aliphatic carbocycles. The molecule has 1 aromatic carbocycles. The summed E-state index contributed by atoms with van der Waals surface area (Å²) in [6, 6.07) is 4.66. The number of aliphatic carboxylic acids is 1. The van der Waals surface area contributed by atoms with Crippen LogP contribution in [0.15, 0.2) is 29.2 Å². The Morgan fingerprint density at radius 3 is 2.62 bits per heavy atom. The van der Waals surface area contributed by atoms with Crippen molar-refractivity contribution in [2.24, 2.45) is 5.73 Å². The first kappa shape index (κ1) is 13.0. The molecule has 3 N–H and O–H groups in total. The topological polar surface area (TPSA) is 97.5 Å². The zero-order chi connectivity index (χ0) is 12.3. The minimum atomic E-state index is -3.80. The molecule has 0 heterocycles. The number of carboxylic acids is 1. The van der Waals surface area contributed by atoms with E-state index in [4.69, 9.17) is 21.5 Å². The molecule has 1 atom stereocenters. The zero-order valence-corrected chi connectivity index (χ0v) is 9.70. The second-order valence-electron chi connectivity index (χ2n) is 3.23. The Morgan fingerprint density at radius 1 is 1.50 bits per heavy atom. The molecule has 0 aromatic heterocycles. The summed E-state index contributed by atoms with van der Waals surface area (Å²) in [6.45, 7) is 0. The third-order valence-electron chi connectivity index (χ3n) is 1.95. The SMILES string of the molecule is N[C@@H](Cc1cccc(S(=O)(=O)Cl)c1)C(=O)O. The zero-order valence-electron chi connectivity index (χ0n) is 8.13. The first-order valence-corrected chi connectivity index (χ1v) is 6.63. The summed E-state index contributed by atoms with van der Waals surface area (Å²) in [7, 11) is 1.36. The summed E-state index contributed by atoms with van der Waals surface area (Å²) in [5.74, 6) is -1.14. The molecule has 0 aliphatic heterocycles. The molecule has 7 heteroatoms. The highest BCUT2D eigenvalue weighted by Gasteiger charge is 2.14. The molecule has 88 valence electrons. The van der Waals surface area contributed by atoms with E-state index in [0.29, 0.717) is 5.56 Å². The molecule has 0 bridgehead atoms. The van der Waals surface area contributed by atoms with Crippen molar-refractivity contribution >= 4 is 25.7 Å². The Bertz CT molecular complexity index is 500. The largest absolute Gasteiger partial charge is 0.480 e. The van der Waals surface area contributed by atoms with Gasteiger partial charge in [0.25, 0.3) is 9.05 Å². The normalized spacial score (nSPS) is 13.4. The molecule has 0 aliphatic rings. The molecule has 0 unspecified atom stereocenters. The van der Waals surface area contributed by atoms with Crippen LogP contribution in [-0.2, 0) is 20.3 Å². The van der Waals surface area contributed by atoms with Gasteiger partial charge in [0.05, 0.1) is 4.90 Å². The fourth-order valence-electron chi connectivity index (χ4n) is 1.17. The fraction of sp³-hybridized carbons (Fsp3) is 0.222. The van der Waals surface area contributed by atoms with E-state index in [1.54, 1.807) is 6.07 Å². The van der Waals surface area contributed by atoms with Gasteiger partial charge in [-0.1, -0.05) is 12.1 Å². The first-order valence-electron chi connectivity index (χ1n) is 4.32. The molecule has 0 fully saturated rings. The number of nitrogens with two attached hydrogens (primary N) is 1. The van der Waals surface area contributed by atoms with Crippen molar-refractivity contribution in [1.29, 1.82) is 0 Å². The van der Waals surface area contributed by atoms with Crippen molar-refractivity contribution in [3.63, 3.8) is 0 Å². The van der Waals surface area contributed by atoms with Crippen molar-refractivity contribution in [3.8, 4) is 0 Å². The van der Waals surface area contributed by atoms with Gasteiger partial charge in [-0.2, -0.15) is 0 Å². The number of halogens is 1. The summed E-state index contributed by atoms with van der Waals surface area (Å²) < 4.78 is 22.0. The summed E-state index contributed by atoms with van der Waals surface area (Å²) in [5.41, 5.74) is 5.84. The lowest BCUT2D eigenvalue weighted by molar-refractivity contribution is -0.138. The highest BCUT2D eigenvalue weighted by molar-refractivity contribution is 8.13. The molecule has 1 rings (SSSR count). The smallest absolute Gasteiger partial charge is 0.320 e. The van der Waals surface area contributed by atoms with E-state index in [2.05, 4.69) is 0 Å². The van der Waals surface area contributed by atoms with Gasteiger partial charge in [0.1, 0.15) is 6.04 Å². The maximum Gasteiger partial charge on any atom is 0.320 e. The highest BCUT2D eigenvalue weighted by Crippen LogP contribution is 2.16. The number of hydrogen-bond donors (Lipinski definition) is 2. The van der Waals surface area contributed by atoms with Crippen LogP contribution in [0.3, 0.4) is 0 Å². The van der Waals surface area contributed by atoms with E-state index >= 15 is 0 Å². The Balaban J connectivity index is 2.96. The molecule has 0 amide bonds. The quantitative estimate of drug-likeness (QED) is 0.774. The van der Waals surface area contributed by atoms with Gasteiger partial charge >= 0.3 is 5.97 Å². The van der Waals surface area contributed by atoms with E-state index in [-0.39, 0.29) is 11.3 Å². The van der Waals surface area contributed by atoms with Gasteiger partial charge in [0.2, 0.25) is 0 Å². The minimum Gasteiger partial charge on any atom is -0.480 e. The number of benzene rings is 1. The molecule has 0 saturated carbocycles. The molecule has 5 nitrogen and oxygen atoms in total. The summed E-state index contributed by atoms with van der Waals surface area (Å²) in [4.78, 5) is 10.5. The summed E-state index contributed by atoms with van der Waals surface area (Å²) in [6.07, 6.45) is 0.0512. The van der Waals surface area contributed by atoms with Crippen LogP contribution >= 0.6 is 10.7 Å². The van der Waals surface area contributed by atoms with Gasteiger partial charge < -0.3 is 10.8 Å². The second kappa shape index (κ2) is 4.82. The van der Waals surface area contributed by atoms with Gasteiger partial charge in [0.15, 0.2) is 0 Å². The van der Waals surface area contributed by atoms with E-state index in [0.717, 1.165) is 0 Å². The van der Waals surface area contributed by atoms with Crippen LogP contribution in [0.25, 0.3) is 0 Å². The molecule has 1 aromatic rings. The van der Waals surface area contributed by atoms with Crippen LogP contribution in [0, 0.1) is 0 Å². The molecule has 0 radical (unpaired) electrons. The first-order chi connectivity index (χ1) is 7.30. The minimum absolute atomic E-state index is 0.0512. The van der Waals surface area contributed by atoms with Crippen LogP contribution in [0.1, 0.15) is 5.56 Å². The molecule has 16 heavy (non-hydrogen) atoms. The average molecular weight is 264 g/mol. The summed E-state index contributed by atoms with van der Waals surface area (Å²) in [5, 5.41) is 8.60. The lowest BCUT2D eigenvalue weighted by Crippen LogP contribution is -2.32. The van der Waals surface area contributed by atoms with Gasteiger partial charge in [-0.05, 0) is 24.1 Å². The molecule has 0 saturated heterocycles. The standard InChI is InChI=1S/C9H10ClNO4S/c10-16(14,15)7-3-1-2-6(4-7)5-8(11)9(12)13/h1-4,8H,5,11H2,(H,12,13)/t8-/m0/s1. The molecule has 0 spiro atoms. The van der Waals surface area contributed by atoms with E-state index in [1.165, 1.54) is 18.2 Å². The number of carboxylic acid groups (broad SMARTS) is 1. The number of rotatable bonds is 4. The van der Waals surface area contributed by atoms with Crippen molar-refractivity contribution in [2.75, 3.05) is 0 Å². The maximum absolute atomic E-state index is 11.0. The van der Waals surface area contributed by atoms with Gasteiger partial charge in [-0.25, -0.2) is 8.42 Å². The summed E-state index contributed by atoms with van der Waals surface area (Å²) >= 11 is 0. The van der Waals surface area contributed by atoms with E-state index < -0.39 is 21.1 Å². The Hall–Kier alpha value is -1.11. The van der Waals surface area contributed by atoms with Gasteiger partial charge in [-0.15, -0.1) is 0 Å². The van der Waals surface area contributed by atoms with E-state index in [1.807, 2.05) is 0 Å². The van der Waals surface area contributed by atoms with E-state index in [9.17, 15) is 13.2 Å². The monoisotopic (exact) mass is 263 g/mol. The van der Waals surface area contributed by atoms with Gasteiger partial charge in [0, 0.05) is 10.7 Å². The third-order valence-corrected chi connectivity index (χ3v) is 3.30. The van der Waals surface area contributed by atoms with Crippen molar-refractivity contribution in [1.82, 2.24) is 0 Å². The average Bonchev–Trinajstić information content (AvgIpc) is 2.16. The predicted molar refractivity (Wildman–Crippen MR) is 58.8 cm³/mol. The highest BCUT2D eigenvalue weighted by atomic mass is 35.7. The van der Waals surface area contributed by atoms with Gasteiger partial charge in [-0.3, -0.25) is 4.79 Å². The van der Waals surface area contributed by atoms with Crippen LogP contribution in [-0.4, -0.2) is 25.5 Å². The number of carbonyl (C=O) groups is 1. The van der Waals surface area contributed by atoms with Crippen molar-refractivity contribution in [3.05, 3.63) is 29.8 Å². The van der Waals surface area contributed by atoms with Crippen LogP contribution in [0.4, 0.5) is 0 Å². The lowest BCUT2D eigenvalue weighted by atomic mass is 10.1. The maximum atomic E-state index is 11.0. The number of hydrogen-bond acceptors (Lipinski definition) is 4. The Kier molecular flexibility index (Phi) is 3.90. The Morgan fingerprint density at radius 2 is 2.12 bits per heavy atom. The molecular weight excluding hydrogens is 254 g/mol. The predicted octanol–water partition coefficient (Wildman–Crippen LogP) is 0.569. The van der Waals surface area contributed by atoms with Crippen molar-refractivity contribution < 1.29 is 18.3 Å². The van der Waals surface area contributed by atoms with Crippen LogP contribution in [0.2, 0.25) is 0 Å².